The zero-order chi connectivity index (χ0) is 24.5. The molecule has 1 unspecified atom stereocenters. The Morgan fingerprint density at radius 1 is 1.14 bits per heavy atom. The quantitative estimate of drug-likeness (QED) is 0.541. The van der Waals surface area contributed by atoms with E-state index in [0.717, 1.165) is 64.5 Å². The van der Waals surface area contributed by atoms with Crippen molar-refractivity contribution in [2.75, 3.05) is 19.6 Å². The van der Waals surface area contributed by atoms with Gasteiger partial charge in [-0.2, -0.15) is 0 Å². The van der Waals surface area contributed by atoms with Crippen LogP contribution in [-0.4, -0.2) is 52.4 Å². The van der Waals surface area contributed by atoms with Gasteiger partial charge in [-0.25, -0.2) is 10.4 Å². The fourth-order valence-corrected chi connectivity index (χ4v) is 5.04. The number of amidine groups is 1. The Balaban J connectivity index is 1.29. The molecule has 0 spiro atoms. The number of likely N-dealkylation sites (tertiary alicyclic amines) is 1. The zero-order valence-electron chi connectivity index (χ0n) is 20.0. The van der Waals surface area contributed by atoms with Gasteiger partial charge in [0.15, 0.2) is 0 Å². The van der Waals surface area contributed by atoms with Crippen molar-refractivity contribution in [2.24, 2.45) is 10.9 Å². The molecule has 1 saturated heterocycles. The minimum atomic E-state index is 0.107. The summed E-state index contributed by atoms with van der Waals surface area (Å²) >= 11 is 3.69. The van der Waals surface area contributed by atoms with Crippen LogP contribution in [0.5, 0.6) is 5.75 Å². The Morgan fingerprint density at radius 2 is 1.86 bits per heavy atom. The summed E-state index contributed by atoms with van der Waals surface area (Å²) in [6.07, 6.45) is 3.83. The minimum Gasteiger partial charge on any atom is -0.507 e. The van der Waals surface area contributed by atoms with Crippen LogP contribution < -0.4 is 10.7 Å². The van der Waals surface area contributed by atoms with Crippen LogP contribution in [0.25, 0.3) is 5.70 Å². The molecule has 182 valence electrons. The molecule has 1 atom stereocenters. The van der Waals surface area contributed by atoms with E-state index in [0.29, 0.717) is 12.5 Å². The van der Waals surface area contributed by atoms with E-state index < -0.39 is 0 Å². The first-order chi connectivity index (χ1) is 16.9. The van der Waals surface area contributed by atoms with Gasteiger partial charge < -0.3 is 15.3 Å². The van der Waals surface area contributed by atoms with Crippen LogP contribution in [0.3, 0.4) is 0 Å². The predicted octanol–water partition coefficient (Wildman–Crippen LogP) is 4.37. The molecule has 0 bridgehead atoms. The number of carbonyl (C=O) groups excluding carboxylic acids is 1. The van der Waals surface area contributed by atoms with E-state index in [1.165, 1.54) is 0 Å². The van der Waals surface area contributed by atoms with Crippen molar-refractivity contribution in [1.29, 1.82) is 0 Å². The lowest BCUT2D eigenvalue weighted by Gasteiger charge is -2.32. The number of aryl methyl sites for hydroxylation is 1. The Morgan fingerprint density at radius 3 is 2.57 bits per heavy atom. The number of aromatic hydroxyl groups is 1. The molecule has 3 aliphatic heterocycles. The highest BCUT2D eigenvalue weighted by molar-refractivity contribution is 9.11. The summed E-state index contributed by atoms with van der Waals surface area (Å²) in [5.41, 5.74) is 6.88. The van der Waals surface area contributed by atoms with Crippen molar-refractivity contribution in [2.45, 2.75) is 32.7 Å². The Kier molecular flexibility index (Phi) is 6.67. The lowest BCUT2D eigenvalue weighted by molar-refractivity contribution is 0.0693. The summed E-state index contributed by atoms with van der Waals surface area (Å²) in [5.74, 6) is 2.43. The van der Waals surface area contributed by atoms with Gasteiger partial charge in [0, 0.05) is 36.8 Å². The number of fused-ring (bicyclic) bond motifs is 1. The van der Waals surface area contributed by atoms with Crippen LogP contribution in [0.15, 0.2) is 69.9 Å². The van der Waals surface area contributed by atoms with Crippen molar-refractivity contribution < 1.29 is 9.90 Å². The fourth-order valence-electron chi connectivity index (χ4n) is 4.66. The van der Waals surface area contributed by atoms with Crippen LogP contribution in [0.1, 0.15) is 41.3 Å². The van der Waals surface area contributed by atoms with E-state index in [9.17, 15) is 9.90 Å². The largest absolute Gasteiger partial charge is 0.507 e. The van der Waals surface area contributed by atoms with Crippen molar-refractivity contribution >= 4 is 33.4 Å². The summed E-state index contributed by atoms with van der Waals surface area (Å²) < 4.78 is 1.01. The monoisotopic (exact) mass is 535 g/mol. The number of phenols is 1. The molecule has 0 radical (unpaired) electrons. The highest BCUT2D eigenvalue weighted by Crippen LogP contribution is 2.33. The molecular formula is C27H30BrN5O2. The number of nitrogens with zero attached hydrogens (tertiary/aromatic N) is 3. The van der Waals surface area contributed by atoms with Gasteiger partial charge in [0.25, 0.3) is 5.91 Å². The van der Waals surface area contributed by atoms with E-state index >= 15 is 0 Å². The SMILES string of the molecule is Cc1ccc(C(=O)N2CCC(CN=C3C=C(c4ccccc4O)NC4=C(Br)C(C)NN34)CC2)cc1. The summed E-state index contributed by atoms with van der Waals surface area (Å²) in [7, 11) is 0. The van der Waals surface area contributed by atoms with Crippen molar-refractivity contribution in [1.82, 2.24) is 20.7 Å². The van der Waals surface area contributed by atoms with Gasteiger partial charge >= 0.3 is 0 Å². The van der Waals surface area contributed by atoms with E-state index in [1.807, 2.05) is 65.4 Å². The Hall–Kier alpha value is -3.10. The van der Waals surface area contributed by atoms with Gasteiger partial charge in [-0.15, -0.1) is 0 Å². The molecule has 3 aliphatic rings. The number of hydrazine groups is 1. The molecular weight excluding hydrogens is 506 g/mol. The maximum atomic E-state index is 12.8. The number of benzene rings is 2. The molecule has 0 saturated carbocycles. The molecule has 8 heteroatoms. The van der Waals surface area contributed by atoms with E-state index in [4.69, 9.17) is 4.99 Å². The standard InChI is InChI=1S/C27H30BrN5O2/c1-17-7-9-20(10-8-17)27(35)32-13-11-19(12-14-32)16-29-24-15-22(21-5-3-4-6-23(21)34)30-26-25(28)18(2)31-33(24)26/h3-10,15,18-19,30-31,34H,11-14,16H2,1-2H3. The first-order valence-electron chi connectivity index (χ1n) is 12.0. The van der Waals surface area contributed by atoms with E-state index in [-0.39, 0.29) is 17.7 Å². The fraction of sp³-hybridized carbons (Fsp3) is 0.333. The number of nitrogens with one attached hydrogen (secondary N) is 2. The third-order valence-electron chi connectivity index (χ3n) is 6.81. The second-order valence-electron chi connectivity index (χ2n) is 9.38. The number of aliphatic imine (C=N–C) groups is 1. The summed E-state index contributed by atoms with van der Waals surface area (Å²) in [4.78, 5) is 19.8. The number of halogens is 1. The van der Waals surface area contributed by atoms with Crippen LogP contribution in [0.4, 0.5) is 0 Å². The molecule has 2 aromatic rings. The lowest BCUT2D eigenvalue weighted by atomic mass is 9.96. The molecule has 0 aliphatic carbocycles. The van der Waals surface area contributed by atoms with Gasteiger partial charge in [0.2, 0.25) is 0 Å². The first kappa shape index (κ1) is 23.6. The molecule has 0 aromatic heterocycles. The minimum absolute atomic E-state index is 0.107. The van der Waals surface area contributed by atoms with Gasteiger partial charge in [-0.05, 0) is 72.8 Å². The summed E-state index contributed by atoms with van der Waals surface area (Å²) in [6, 6.07) is 15.2. The number of hydrogen-bond donors (Lipinski definition) is 3. The predicted molar refractivity (Wildman–Crippen MR) is 142 cm³/mol. The summed E-state index contributed by atoms with van der Waals surface area (Å²) in [5, 5.41) is 15.8. The van der Waals surface area contributed by atoms with Gasteiger partial charge in [0.1, 0.15) is 17.4 Å². The molecule has 3 N–H and O–H groups in total. The van der Waals surface area contributed by atoms with Crippen molar-refractivity contribution in [3.05, 3.63) is 81.6 Å². The van der Waals surface area contributed by atoms with Gasteiger partial charge in [-0.1, -0.05) is 29.8 Å². The van der Waals surface area contributed by atoms with E-state index in [1.54, 1.807) is 6.07 Å². The van der Waals surface area contributed by atoms with Crippen LogP contribution >= 0.6 is 15.9 Å². The first-order valence-corrected chi connectivity index (χ1v) is 12.8. The van der Waals surface area contributed by atoms with Crippen molar-refractivity contribution in [3.63, 3.8) is 0 Å². The normalized spacial score (nSPS) is 21.7. The van der Waals surface area contributed by atoms with Crippen LogP contribution in [0.2, 0.25) is 0 Å². The van der Waals surface area contributed by atoms with Crippen LogP contribution in [0, 0.1) is 12.8 Å². The van der Waals surface area contributed by atoms with Crippen LogP contribution in [-0.2, 0) is 0 Å². The lowest BCUT2D eigenvalue weighted by Crippen LogP contribution is -2.46. The second kappa shape index (κ2) is 9.87. The topological polar surface area (TPSA) is 80.2 Å². The summed E-state index contributed by atoms with van der Waals surface area (Å²) in [6.45, 7) is 6.29. The van der Waals surface area contributed by atoms with Gasteiger partial charge in [0.05, 0.1) is 16.2 Å². The number of phenolic OH excluding ortho intramolecular Hbond substituents is 1. The smallest absolute Gasteiger partial charge is 0.253 e. The maximum absolute atomic E-state index is 12.8. The average Bonchev–Trinajstić information content (AvgIpc) is 3.16. The molecule has 3 heterocycles. The second-order valence-corrected chi connectivity index (χ2v) is 10.2. The molecule has 5 rings (SSSR count). The maximum Gasteiger partial charge on any atom is 0.253 e. The average molecular weight is 536 g/mol. The molecule has 7 nitrogen and oxygen atoms in total. The third-order valence-corrected chi connectivity index (χ3v) is 7.88. The van der Waals surface area contributed by atoms with Crippen molar-refractivity contribution in [3.8, 4) is 5.75 Å². The van der Waals surface area contributed by atoms with Gasteiger partial charge in [-0.3, -0.25) is 9.79 Å². The number of carbonyl (C=O) groups is 1. The number of para-hydroxylation sites is 1. The molecule has 2 aromatic carbocycles. The third kappa shape index (κ3) is 4.86. The number of amides is 1. The zero-order valence-corrected chi connectivity index (χ0v) is 21.5. The molecule has 35 heavy (non-hydrogen) atoms. The van der Waals surface area contributed by atoms with E-state index in [2.05, 4.69) is 33.6 Å². The number of hydrogen-bond acceptors (Lipinski definition) is 5. The Bertz CT molecular complexity index is 1210. The molecule has 1 fully saturated rings. The number of piperidine rings is 1. The Labute approximate surface area is 214 Å². The highest BCUT2D eigenvalue weighted by Gasteiger charge is 2.34. The highest BCUT2D eigenvalue weighted by atomic mass is 79.9. The molecule has 1 amide bonds. The number of rotatable bonds is 4.